The van der Waals surface area contributed by atoms with Gasteiger partial charge in [-0.2, -0.15) is 14.8 Å². The van der Waals surface area contributed by atoms with Gasteiger partial charge in [-0.25, -0.2) is 0 Å². The van der Waals surface area contributed by atoms with Crippen LogP contribution in [0.3, 0.4) is 0 Å². The molecule has 0 bridgehead atoms. The number of oxazole rings is 1. The number of fused-ring (bicyclic) bond motifs is 1. The highest BCUT2D eigenvalue weighted by atomic mass is 32.2. The average Bonchev–Trinajstić information content (AvgIpc) is 3.20. The third-order valence-corrected chi connectivity index (χ3v) is 5.40. The maximum absolute atomic E-state index is 5.79. The summed E-state index contributed by atoms with van der Waals surface area (Å²) >= 11 is 2.85. The fraction of sp³-hybridized carbons (Fsp3) is 0.143. The molecule has 2 N–H and O–H groups in total. The van der Waals surface area contributed by atoms with Crippen LogP contribution in [0.15, 0.2) is 37.9 Å². The molecule has 9 heteroatoms. The Morgan fingerprint density at radius 1 is 1.22 bits per heavy atom. The third-order valence-electron chi connectivity index (χ3n) is 3.30. The number of aryl methyl sites for hydroxylation is 1. The topological polar surface area (TPSA) is 95.6 Å². The molecule has 4 aromatic rings. The zero-order valence-corrected chi connectivity index (χ0v) is 14.0. The van der Waals surface area contributed by atoms with Gasteiger partial charge < -0.3 is 10.2 Å². The highest BCUT2D eigenvalue weighted by Gasteiger charge is 2.19. The second-order valence-electron chi connectivity index (χ2n) is 4.88. The number of hydrogen-bond acceptors (Lipinski definition) is 8. The molecule has 0 saturated heterocycles. The lowest BCUT2D eigenvalue weighted by Gasteiger charge is -1.99. The smallest absolute Gasteiger partial charge is 0.324 e. The highest BCUT2D eigenvalue weighted by molar-refractivity contribution is 8.01. The third kappa shape index (κ3) is 2.47. The van der Waals surface area contributed by atoms with Crippen molar-refractivity contribution in [2.24, 2.45) is 0 Å². The highest BCUT2D eigenvalue weighted by Crippen LogP contribution is 2.35. The van der Waals surface area contributed by atoms with Crippen LogP contribution >= 0.6 is 23.1 Å². The fourth-order valence-electron chi connectivity index (χ4n) is 2.26. The molecule has 7 nitrogen and oxygen atoms in total. The van der Waals surface area contributed by atoms with E-state index in [9.17, 15) is 0 Å². The van der Waals surface area contributed by atoms with Gasteiger partial charge in [0.05, 0.1) is 16.3 Å². The summed E-state index contributed by atoms with van der Waals surface area (Å²) in [6.07, 6.45) is 0. The van der Waals surface area contributed by atoms with Gasteiger partial charge in [0, 0.05) is 0 Å². The van der Waals surface area contributed by atoms with Crippen LogP contribution in [0.2, 0.25) is 0 Å². The summed E-state index contributed by atoms with van der Waals surface area (Å²) in [4.78, 5) is 5.49. The van der Waals surface area contributed by atoms with Gasteiger partial charge in [-0.05, 0) is 26.0 Å². The van der Waals surface area contributed by atoms with Crippen LogP contribution in [0.4, 0.5) is 5.13 Å². The van der Waals surface area contributed by atoms with Crippen LogP contribution in [0.1, 0.15) is 11.4 Å². The molecule has 0 saturated carbocycles. The van der Waals surface area contributed by atoms with E-state index in [0.29, 0.717) is 11.1 Å². The first-order chi connectivity index (χ1) is 11.1. The Morgan fingerprint density at radius 3 is 2.78 bits per heavy atom. The van der Waals surface area contributed by atoms with Gasteiger partial charge in [-0.15, -0.1) is 10.2 Å². The summed E-state index contributed by atoms with van der Waals surface area (Å²) < 4.78 is 8.29. The largest absolute Gasteiger partial charge is 0.422 e. The number of para-hydroxylation sites is 2. The van der Waals surface area contributed by atoms with Crippen molar-refractivity contribution < 1.29 is 4.42 Å². The average molecular weight is 344 g/mol. The molecule has 0 spiro atoms. The molecule has 0 fully saturated rings. The first-order valence-electron chi connectivity index (χ1n) is 6.81. The molecule has 4 rings (SSSR count). The monoisotopic (exact) mass is 344 g/mol. The quantitative estimate of drug-likeness (QED) is 0.609. The number of nitrogens with zero attached hydrogens (tertiary/aromatic N) is 5. The predicted octanol–water partition coefficient (Wildman–Crippen LogP) is 3.22. The molecule has 1 aromatic carbocycles. The first kappa shape index (κ1) is 14.2. The molecule has 0 aliphatic heterocycles. The molecule has 0 aliphatic rings. The van der Waals surface area contributed by atoms with Gasteiger partial charge in [0.2, 0.25) is 5.13 Å². The zero-order chi connectivity index (χ0) is 16.0. The molecule has 0 unspecified atom stereocenters. The first-order valence-corrected chi connectivity index (χ1v) is 8.44. The maximum atomic E-state index is 5.79. The number of anilines is 1. The molecule has 0 aliphatic carbocycles. The number of nitrogen functional groups attached to an aromatic ring is 1. The summed E-state index contributed by atoms with van der Waals surface area (Å²) in [6.45, 7) is 3.92. The Bertz CT molecular complexity index is 969. The minimum atomic E-state index is 0.453. The molecule has 0 amide bonds. The van der Waals surface area contributed by atoms with Crippen molar-refractivity contribution in [2.75, 3.05) is 5.73 Å². The number of hydrogen-bond donors (Lipinski definition) is 1. The van der Waals surface area contributed by atoms with Gasteiger partial charge in [0.15, 0.2) is 9.92 Å². The lowest BCUT2D eigenvalue weighted by Crippen LogP contribution is -1.99. The Morgan fingerprint density at radius 2 is 2.04 bits per heavy atom. The van der Waals surface area contributed by atoms with Crippen LogP contribution in [-0.4, -0.2) is 25.0 Å². The fourth-order valence-corrected chi connectivity index (χ4v) is 3.96. The number of rotatable bonds is 3. The summed E-state index contributed by atoms with van der Waals surface area (Å²) in [5.41, 5.74) is 8.99. The normalized spacial score (nSPS) is 11.4. The number of benzene rings is 1. The Balaban J connectivity index is 1.76. The molecule has 23 heavy (non-hydrogen) atoms. The van der Waals surface area contributed by atoms with E-state index in [1.165, 1.54) is 23.1 Å². The molecule has 3 heterocycles. The van der Waals surface area contributed by atoms with Crippen LogP contribution in [0.5, 0.6) is 0 Å². The lowest BCUT2D eigenvalue weighted by atomic mass is 10.3. The van der Waals surface area contributed by atoms with Gasteiger partial charge in [-0.3, -0.25) is 0 Å². The van der Waals surface area contributed by atoms with Gasteiger partial charge >= 0.3 is 6.01 Å². The summed E-state index contributed by atoms with van der Waals surface area (Å²) in [5, 5.41) is 12.9. The van der Waals surface area contributed by atoms with Crippen LogP contribution in [0.25, 0.3) is 17.1 Å². The lowest BCUT2D eigenvalue weighted by molar-refractivity contribution is 0.536. The van der Waals surface area contributed by atoms with Crippen molar-refractivity contribution >= 4 is 39.3 Å². The molecule has 116 valence electrons. The predicted molar refractivity (Wildman–Crippen MR) is 89.0 cm³/mol. The van der Waals surface area contributed by atoms with Crippen molar-refractivity contribution in [1.82, 2.24) is 25.0 Å². The van der Waals surface area contributed by atoms with Crippen molar-refractivity contribution in [2.45, 2.75) is 23.1 Å². The van der Waals surface area contributed by atoms with E-state index in [4.69, 9.17) is 10.2 Å². The van der Waals surface area contributed by atoms with E-state index < -0.39 is 0 Å². The van der Waals surface area contributed by atoms with Gasteiger partial charge in [0.25, 0.3) is 0 Å². The SMILES string of the molecule is Cc1nn(-c2nc3ccccc3o2)c(C)c1Sc1nnc(N)s1. The van der Waals surface area contributed by atoms with Crippen molar-refractivity contribution in [3.8, 4) is 6.01 Å². The van der Waals surface area contributed by atoms with Crippen LogP contribution < -0.4 is 5.73 Å². The second kappa shape index (κ2) is 5.36. The minimum absolute atomic E-state index is 0.453. The van der Waals surface area contributed by atoms with E-state index >= 15 is 0 Å². The molecular weight excluding hydrogens is 332 g/mol. The number of aromatic nitrogens is 5. The van der Waals surface area contributed by atoms with Crippen molar-refractivity contribution in [3.63, 3.8) is 0 Å². The van der Waals surface area contributed by atoms with Crippen LogP contribution in [0, 0.1) is 13.8 Å². The molecule has 3 aromatic heterocycles. The summed E-state index contributed by atoms with van der Waals surface area (Å²) in [5.74, 6) is 0. The summed E-state index contributed by atoms with van der Waals surface area (Å²) in [6, 6.07) is 8.09. The molecular formula is C14H12N6OS2. The molecule has 0 atom stereocenters. The van der Waals surface area contributed by atoms with Gasteiger partial charge in [0.1, 0.15) is 5.52 Å². The Hall–Kier alpha value is -2.39. The van der Waals surface area contributed by atoms with E-state index in [1.54, 1.807) is 4.68 Å². The summed E-state index contributed by atoms with van der Waals surface area (Å²) in [7, 11) is 0. The van der Waals surface area contributed by atoms with Crippen molar-refractivity contribution in [1.29, 1.82) is 0 Å². The second-order valence-corrected chi connectivity index (χ2v) is 7.15. The Kier molecular flexibility index (Phi) is 3.31. The van der Waals surface area contributed by atoms with E-state index in [2.05, 4.69) is 20.3 Å². The van der Waals surface area contributed by atoms with E-state index in [0.717, 1.165) is 31.7 Å². The maximum Gasteiger partial charge on any atom is 0.324 e. The number of nitrogens with two attached hydrogens (primary N) is 1. The van der Waals surface area contributed by atoms with E-state index in [-0.39, 0.29) is 0 Å². The van der Waals surface area contributed by atoms with E-state index in [1.807, 2.05) is 38.1 Å². The zero-order valence-electron chi connectivity index (χ0n) is 12.3. The van der Waals surface area contributed by atoms with Crippen LogP contribution in [-0.2, 0) is 0 Å². The van der Waals surface area contributed by atoms with Gasteiger partial charge in [-0.1, -0.05) is 35.2 Å². The van der Waals surface area contributed by atoms with Crippen molar-refractivity contribution in [3.05, 3.63) is 35.7 Å². The minimum Gasteiger partial charge on any atom is -0.422 e. The standard InChI is InChI=1S/C14H12N6OS2/c1-7-11(22-14-18-17-12(15)23-14)8(2)20(19-7)13-16-9-5-3-4-6-10(9)21-13/h3-6H,1-2H3,(H2,15,17). The Labute approximate surface area is 139 Å². The molecule has 0 radical (unpaired) electrons.